The number of halogens is 3. The fourth-order valence-corrected chi connectivity index (χ4v) is 0.823. The molecule has 17 heavy (non-hydrogen) atoms. The predicted molar refractivity (Wildman–Crippen MR) is 49.9 cm³/mol. The molecule has 2 atom stereocenters. The van der Waals surface area contributed by atoms with E-state index in [0.29, 0.717) is 6.92 Å². The first kappa shape index (κ1) is 15.7. The van der Waals surface area contributed by atoms with Gasteiger partial charge in [0.1, 0.15) is 6.04 Å². The van der Waals surface area contributed by atoms with Gasteiger partial charge in [0.05, 0.1) is 0 Å². The average molecular weight is 258 g/mol. The summed E-state index contributed by atoms with van der Waals surface area (Å²) < 4.78 is 37.0. The zero-order valence-electron chi connectivity index (χ0n) is 8.91. The summed E-state index contributed by atoms with van der Waals surface area (Å²) >= 11 is 0. The summed E-state index contributed by atoms with van der Waals surface area (Å²) in [5.41, 5.74) is 1.61. The van der Waals surface area contributed by atoms with E-state index in [2.05, 4.69) is 0 Å². The number of hydrogen-bond donors (Lipinski definition) is 4. The molecule has 0 aliphatic carbocycles. The number of carbonyl (C=O) groups is 2. The molecule has 1 amide bonds. The van der Waals surface area contributed by atoms with Gasteiger partial charge in [-0.2, -0.15) is 13.2 Å². The van der Waals surface area contributed by atoms with Crippen LogP contribution in [-0.2, 0) is 9.59 Å². The number of aliphatic hydroxyl groups excluding tert-OH is 1. The number of alkyl halides is 3. The van der Waals surface area contributed by atoms with E-state index in [-0.39, 0.29) is 0 Å². The summed E-state index contributed by atoms with van der Waals surface area (Å²) in [4.78, 5) is 21.8. The van der Waals surface area contributed by atoms with E-state index in [1.54, 1.807) is 5.32 Å². The van der Waals surface area contributed by atoms with Crippen molar-refractivity contribution < 1.29 is 33.0 Å². The summed E-state index contributed by atoms with van der Waals surface area (Å²) in [5, 5.41) is 18.7. The molecule has 0 saturated heterocycles. The van der Waals surface area contributed by atoms with E-state index < -0.39 is 42.7 Å². The highest BCUT2D eigenvalue weighted by Gasteiger charge is 2.54. The second kappa shape index (κ2) is 5.32. The minimum absolute atomic E-state index is 0.408. The molecule has 100 valence electrons. The van der Waals surface area contributed by atoms with Crippen molar-refractivity contribution in [2.45, 2.75) is 31.1 Å². The first-order valence-corrected chi connectivity index (χ1v) is 4.54. The third-order valence-corrected chi connectivity index (χ3v) is 2.08. The number of carbonyl (C=O) groups excluding carboxylic acids is 1. The van der Waals surface area contributed by atoms with Gasteiger partial charge >= 0.3 is 12.1 Å². The molecule has 0 aromatic carbocycles. The minimum atomic E-state index is -5.00. The molecular weight excluding hydrogens is 245 g/mol. The van der Waals surface area contributed by atoms with Crippen LogP contribution in [0.4, 0.5) is 13.2 Å². The van der Waals surface area contributed by atoms with Gasteiger partial charge in [-0.15, -0.1) is 0 Å². The van der Waals surface area contributed by atoms with Crippen LogP contribution < -0.4 is 11.1 Å². The molecule has 6 nitrogen and oxygen atoms in total. The number of aliphatic hydroxyl groups is 1. The van der Waals surface area contributed by atoms with Crippen molar-refractivity contribution in [3.05, 3.63) is 0 Å². The molecule has 0 aliphatic rings. The number of aliphatic carboxylic acids is 1. The maximum Gasteiger partial charge on any atom is 0.415 e. The number of nitrogens with two attached hydrogens (primary N) is 1. The topological polar surface area (TPSA) is 113 Å². The SMILES string of the molecule is CC(N)(C(=O)N[C@@H](CCO)C(=O)O)C(F)(F)F. The van der Waals surface area contributed by atoms with Crippen molar-refractivity contribution in [2.24, 2.45) is 5.73 Å². The molecule has 0 aromatic heterocycles. The first-order chi connectivity index (χ1) is 7.54. The lowest BCUT2D eigenvalue weighted by atomic mass is 10.0. The summed E-state index contributed by atoms with van der Waals surface area (Å²) in [6.45, 7) is -0.162. The van der Waals surface area contributed by atoms with Crippen LogP contribution in [0.2, 0.25) is 0 Å². The molecule has 0 aromatic rings. The maximum atomic E-state index is 12.3. The molecule has 0 heterocycles. The fraction of sp³-hybridized carbons (Fsp3) is 0.750. The Balaban J connectivity index is 4.78. The third-order valence-electron chi connectivity index (χ3n) is 2.08. The first-order valence-electron chi connectivity index (χ1n) is 4.54. The standard InChI is InChI=1S/C8H13F3N2O4/c1-7(12,8(9,10)11)6(17)13-4(2-3-14)5(15)16/h4,14H,2-3,12H2,1H3,(H,13,17)(H,15,16)/t4-,7?/m0/s1. The van der Waals surface area contributed by atoms with Crippen LogP contribution in [0.15, 0.2) is 0 Å². The van der Waals surface area contributed by atoms with Crippen molar-refractivity contribution in [1.29, 1.82) is 0 Å². The molecule has 0 rings (SSSR count). The Hall–Kier alpha value is -1.35. The second-order valence-electron chi connectivity index (χ2n) is 3.58. The summed E-state index contributed by atoms with van der Waals surface area (Å²) in [6.07, 6.45) is -5.41. The van der Waals surface area contributed by atoms with Crippen LogP contribution in [0.1, 0.15) is 13.3 Å². The minimum Gasteiger partial charge on any atom is -0.480 e. The average Bonchev–Trinajstić information content (AvgIpc) is 2.14. The second-order valence-corrected chi connectivity index (χ2v) is 3.58. The lowest BCUT2D eigenvalue weighted by Gasteiger charge is -2.27. The smallest absolute Gasteiger partial charge is 0.415 e. The molecule has 1 unspecified atom stereocenters. The number of hydrogen-bond acceptors (Lipinski definition) is 4. The summed E-state index contributed by atoms with van der Waals surface area (Å²) in [7, 11) is 0. The van der Waals surface area contributed by atoms with Crippen molar-refractivity contribution in [3.8, 4) is 0 Å². The Morgan fingerprint density at radius 1 is 1.41 bits per heavy atom. The lowest BCUT2D eigenvalue weighted by molar-refractivity contribution is -0.188. The van der Waals surface area contributed by atoms with Crippen LogP contribution in [0, 0.1) is 0 Å². The highest BCUT2D eigenvalue weighted by molar-refractivity contribution is 5.90. The molecule has 0 saturated carbocycles. The van der Waals surface area contributed by atoms with Crippen LogP contribution in [-0.4, -0.2) is 46.5 Å². The maximum absolute atomic E-state index is 12.3. The Morgan fingerprint density at radius 3 is 2.18 bits per heavy atom. The monoisotopic (exact) mass is 258 g/mol. The Bertz CT molecular complexity index is 304. The third kappa shape index (κ3) is 3.86. The van der Waals surface area contributed by atoms with Gasteiger partial charge < -0.3 is 21.3 Å². The fourth-order valence-electron chi connectivity index (χ4n) is 0.823. The van der Waals surface area contributed by atoms with Gasteiger partial charge in [-0.25, -0.2) is 4.79 Å². The van der Waals surface area contributed by atoms with E-state index in [0.717, 1.165) is 0 Å². The molecule has 0 radical (unpaired) electrons. The van der Waals surface area contributed by atoms with Gasteiger partial charge in [0, 0.05) is 13.0 Å². The number of nitrogens with one attached hydrogen (secondary N) is 1. The van der Waals surface area contributed by atoms with E-state index in [1.165, 1.54) is 0 Å². The zero-order chi connectivity index (χ0) is 13.9. The molecule has 9 heteroatoms. The summed E-state index contributed by atoms with van der Waals surface area (Å²) in [6, 6.07) is -1.61. The van der Waals surface area contributed by atoms with E-state index in [1.807, 2.05) is 0 Å². The van der Waals surface area contributed by atoms with Gasteiger partial charge in [-0.1, -0.05) is 0 Å². The van der Waals surface area contributed by atoms with Crippen LogP contribution >= 0.6 is 0 Å². The quantitative estimate of drug-likeness (QED) is 0.516. The van der Waals surface area contributed by atoms with Gasteiger partial charge in [0.2, 0.25) is 5.91 Å². The highest BCUT2D eigenvalue weighted by Crippen LogP contribution is 2.28. The predicted octanol–water partition coefficient (Wildman–Crippen LogP) is -0.782. The van der Waals surface area contributed by atoms with Crippen molar-refractivity contribution in [2.75, 3.05) is 6.61 Å². The molecule has 0 bridgehead atoms. The largest absolute Gasteiger partial charge is 0.480 e. The number of amides is 1. The van der Waals surface area contributed by atoms with Crippen molar-refractivity contribution in [3.63, 3.8) is 0 Å². The number of carboxylic acid groups (broad SMARTS) is 1. The summed E-state index contributed by atoms with van der Waals surface area (Å²) in [5.74, 6) is -3.21. The van der Waals surface area contributed by atoms with E-state index in [4.69, 9.17) is 15.9 Å². The lowest BCUT2D eigenvalue weighted by Crippen LogP contribution is -2.63. The molecule has 0 fully saturated rings. The molecule has 5 N–H and O–H groups in total. The molecular formula is C8H13F3N2O4. The normalized spacial score (nSPS) is 17.1. The van der Waals surface area contributed by atoms with Gasteiger partial charge in [-0.05, 0) is 6.92 Å². The molecule has 0 spiro atoms. The Morgan fingerprint density at radius 2 is 1.88 bits per heavy atom. The Kier molecular flexibility index (Phi) is 4.90. The van der Waals surface area contributed by atoms with Gasteiger partial charge in [0.25, 0.3) is 0 Å². The number of carboxylic acids is 1. The van der Waals surface area contributed by atoms with Crippen molar-refractivity contribution in [1.82, 2.24) is 5.32 Å². The van der Waals surface area contributed by atoms with Crippen LogP contribution in [0.25, 0.3) is 0 Å². The van der Waals surface area contributed by atoms with Crippen molar-refractivity contribution >= 4 is 11.9 Å². The highest BCUT2D eigenvalue weighted by atomic mass is 19.4. The van der Waals surface area contributed by atoms with Crippen LogP contribution in [0.5, 0.6) is 0 Å². The van der Waals surface area contributed by atoms with E-state index >= 15 is 0 Å². The molecule has 0 aliphatic heterocycles. The zero-order valence-corrected chi connectivity index (χ0v) is 8.91. The Labute approximate surface area is 94.6 Å². The van der Waals surface area contributed by atoms with E-state index in [9.17, 15) is 22.8 Å². The van der Waals surface area contributed by atoms with Crippen LogP contribution in [0.3, 0.4) is 0 Å². The van der Waals surface area contributed by atoms with Gasteiger partial charge in [0.15, 0.2) is 5.54 Å². The number of rotatable bonds is 5. The van der Waals surface area contributed by atoms with Gasteiger partial charge in [-0.3, -0.25) is 4.79 Å².